The van der Waals surface area contributed by atoms with Gasteiger partial charge in [-0.3, -0.25) is 4.79 Å². The molecule has 2 unspecified atom stereocenters. The number of alkyl halides is 3. The summed E-state index contributed by atoms with van der Waals surface area (Å²) in [6.45, 7) is 2.04. The van der Waals surface area contributed by atoms with E-state index in [-0.39, 0.29) is 6.04 Å². The van der Waals surface area contributed by atoms with Crippen LogP contribution in [0.25, 0.3) is 0 Å². The minimum absolute atomic E-state index is 0.0913. The smallest absolute Gasteiger partial charge is 0.349 e. The van der Waals surface area contributed by atoms with Crippen molar-refractivity contribution >= 4 is 5.91 Å². The Morgan fingerprint density at radius 3 is 2.55 bits per heavy atom. The van der Waals surface area contributed by atoms with Crippen molar-refractivity contribution in [3.8, 4) is 0 Å². The molecular formula is C14H15F4NO. The molecule has 2 nitrogen and oxygen atoms in total. The summed E-state index contributed by atoms with van der Waals surface area (Å²) in [5.41, 5.74) is -1.58. The van der Waals surface area contributed by atoms with Gasteiger partial charge in [0.25, 0.3) is 5.91 Å². The molecule has 20 heavy (non-hydrogen) atoms. The van der Waals surface area contributed by atoms with Gasteiger partial charge in [0, 0.05) is 6.04 Å². The topological polar surface area (TPSA) is 29.1 Å². The number of carbonyl (C=O) groups excluding carboxylic acids is 1. The van der Waals surface area contributed by atoms with Crippen molar-refractivity contribution in [3.63, 3.8) is 0 Å². The highest BCUT2D eigenvalue weighted by molar-refractivity contribution is 5.94. The molecule has 1 N–H and O–H groups in total. The summed E-state index contributed by atoms with van der Waals surface area (Å²) in [5, 5.41) is 2.60. The van der Waals surface area contributed by atoms with Crippen LogP contribution in [0.1, 0.15) is 42.1 Å². The quantitative estimate of drug-likeness (QED) is 0.825. The zero-order valence-corrected chi connectivity index (χ0v) is 10.9. The van der Waals surface area contributed by atoms with E-state index in [0.717, 1.165) is 19.3 Å². The van der Waals surface area contributed by atoms with Gasteiger partial charge in [0.1, 0.15) is 5.82 Å². The number of hydrogen-bond donors (Lipinski definition) is 1. The Morgan fingerprint density at radius 1 is 1.30 bits per heavy atom. The predicted octanol–water partition coefficient (Wildman–Crippen LogP) is 3.76. The van der Waals surface area contributed by atoms with Crippen molar-refractivity contribution in [1.29, 1.82) is 0 Å². The molecule has 0 bridgehead atoms. The zero-order valence-electron chi connectivity index (χ0n) is 10.9. The molecular weight excluding hydrogens is 274 g/mol. The Kier molecular flexibility index (Phi) is 4.01. The first kappa shape index (κ1) is 14.8. The summed E-state index contributed by atoms with van der Waals surface area (Å²) in [6.07, 6.45) is -2.10. The van der Waals surface area contributed by atoms with E-state index in [0.29, 0.717) is 24.1 Å². The molecule has 2 rings (SSSR count). The van der Waals surface area contributed by atoms with Crippen LogP contribution in [-0.2, 0) is 6.18 Å². The van der Waals surface area contributed by atoms with Gasteiger partial charge in [-0.2, -0.15) is 13.2 Å². The van der Waals surface area contributed by atoms with E-state index in [1.807, 2.05) is 6.92 Å². The third kappa shape index (κ3) is 3.29. The normalized spacial score (nSPS) is 22.9. The molecule has 0 aliphatic heterocycles. The monoisotopic (exact) mass is 289 g/mol. The Bertz CT molecular complexity index is 512. The van der Waals surface area contributed by atoms with Crippen LogP contribution in [0, 0.1) is 11.7 Å². The van der Waals surface area contributed by atoms with Crippen molar-refractivity contribution in [2.24, 2.45) is 5.92 Å². The molecule has 1 saturated carbocycles. The average molecular weight is 289 g/mol. The summed E-state index contributed by atoms with van der Waals surface area (Å²) in [6, 6.07) is 1.77. The highest BCUT2D eigenvalue weighted by atomic mass is 19.4. The van der Waals surface area contributed by atoms with Crippen molar-refractivity contribution < 1.29 is 22.4 Å². The van der Waals surface area contributed by atoms with E-state index in [1.165, 1.54) is 0 Å². The van der Waals surface area contributed by atoms with E-state index in [4.69, 9.17) is 0 Å². The molecule has 1 aliphatic rings. The van der Waals surface area contributed by atoms with Crippen molar-refractivity contribution in [2.45, 2.75) is 38.4 Å². The molecule has 2 atom stereocenters. The second-order valence-electron chi connectivity index (χ2n) is 5.28. The maximum atomic E-state index is 13.5. The molecule has 6 heteroatoms. The lowest BCUT2D eigenvalue weighted by molar-refractivity contribution is -0.137. The van der Waals surface area contributed by atoms with Crippen LogP contribution < -0.4 is 5.32 Å². The highest BCUT2D eigenvalue weighted by Gasteiger charge is 2.32. The maximum Gasteiger partial charge on any atom is 0.416 e. The highest BCUT2D eigenvalue weighted by Crippen LogP contribution is 2.30. The molecule has 1 aromatic rings. The molecule has 0 heterocycles. The van der Waals surface area contributed by atoms with Crippen LogP contribution in [0.4, 0.5) is 17.6 Å². The number of carbonyl (C=O) groups is 1. The number of hydrogen-bond acceptors (Lipinski definition) is 1. The van der Waals surface area contributed by atoms with E-state index in [2.05, 4.69) is 5.32 Å². The van der Waals surface area contributed by atoms with Gasteiger partial charge < -0.3 is 5.32 Å². The fraction of sp³-hybridized carbons (Fsp3) is 0.500. The van der Waals surface area contributed by atoms with Crippen molar-refractivity contribution in [3.05, 3.63) is 35.1 Å². The zero-order chi connectivity index (χ0) is 14.9. The van der Waals surface area contributed by atoms with Gasteiger partial charge in [0.15, 0.2) is 0 Å². The van der Waals surface area contributed by atoms with Crippen LogP contribution in [0.3, 0.4) is 0 Å². The van der Waals surface area contributed by atoms with E-state index in [9.17, 15) is 22.4 Å². The minimum atomic E-state index is -4.59. The second kappa shape index (κ2) is 5.42. The summed E-state index contributed by atoms with van der Waals surface area (Å²) in [4.78, 5) is 11.9. The van der Waals surface area contributed by atoms with Crippen LogP contribution in [0.2, 0.25) is 0 Å². The molecule has 0 aromatic heterocycles. The molecule has 1 aliphatic carbocycles. The lowest BCUT2D eigenvalue weighted by atomic mass is 10.1. The molecule has 0 saturated heterocycles. The fourth-order valence-corrected chi connectivity index (χ4v) is 2.48. The van der Waals surface area contributed by atoms with Crippen LogP contribution in [-0.4, -0.2) is 11.9 Å². The third-order valence-corrected chi connectivity index (χ3v) is 3.57. The van der Waals surface area contributed by atoms with Crippen molar-refractivity contribution in [1.82, 2.24) is 5.32 Å². The van der Waals surface area contributed by atoms with Gasteiger partial charge in [-0.05, 0) is 43.4 Å². The number of benzene rings is 1. The summed E-state index contributed by atoms with van der Waals surface area (Å²) in [5.74, 6) is -1.26. The number of nitrogens with one attached hydrogen (secondary N) is 1. The van der Waals surface area contributed by atoms with Gasteiger partial charge in [-0.25, -0.2) is 4.39 Å². The SMILES string of the molecule is CC1CCC(NC(=O)c2cc(C(F)(F)F)ccc2F)C1. The molecule has 0 radical (unpaired) electrons. The van der Waals surface area contributed by atoms with Gasteiger partial charge in [0.2, 0.25) is 0 Å². The third-order valence-electron chi connectivity index (χ3n) is 3.57. The summed E-state index contributed by atoms with van der Waals surface area (Å²) < 4.78 is 51.2. The van der Waals surface area contributed by atoms with Crippen LogP contribution >= 0.6 is 0 Å². The molecule has 0 spiro atoms. The standard InChI is InChI=1S/C14H15F4NO/c1-8-2-4-10(6-8)19-13(20)11-7-9(14(16,17)18)3-5-12(11)15/h3,5,7-8,10H,2,4,6H2,1H3,(H,19,20). The summed E-state index contributed by atoms with van der Waals surface area (Å²) >= 11 is 0. The average Bonchev–Trinajstić information content (AvgIpc) is 2.73. The van der Waals surface area contributed by atoms with E-state index >= 15 is 0 Å². The Labute approximate surface area is 114 Å². The van der Waals surface area contributed by atoms with Gasteiger partial charge in [-0.15, -0.1) is 0 Å². The second-order valence-corrected chi connectivity index (χ2v) is 5.28. The van der Waals surface area contributed by atoms with E-state index < -0.39 is 29.0 Å². The lowest BCUT2D eigenvalue weighted by Gasteiger charge is -2.14. The Balaban J connectivity index is 2.17. The largest absolute Gasteiger partial charge is 0.416 e. The van der Waals surface area contributed by atoms with Crippen molar-refractivity contribution in [2.75, 3.05) is 0 Å². The number of halogens is 4. The number of rotatable bonds is 2. The van der Waals surface area contributed by atoms with Crippen LogP contribution in [0.5, 0.6) is 0 Å². The Morgan fingerprint density at radius 2 is 2.00 bits per heavy atom. The molecule has 1 aromatic carbocycles. The van der Waals surface area contributed by atoms with Gasteiger partial charge in [0.05, 0.1) is 11.1 Å². The summed E-state index contributed by atoms with van der Waals surface area (Å²) in [7, 11) is 0. The lowest BCUT2D eigenvalue weighted by Crippen LogP contribution is -2.33. The van der Waals surface area contributed by atoms with Gasteiger partial charge in [-0.1, -0.05) is 6.92 Å². The fourth-order valence-electron chi connectivity index (χ4n) is 2.48. The first-order chi connectivity index (χ1) is 9.27. The number of amides is 1. The predicted molar refractivity (Wildman–Crippen MR) is 65.7 cm³/mol. The van der Waals surface area contributed by atoms with Crippen LogP contribution in [0.15, 0.2) is 18.2 Å². The Hall–Kier alpha value is -1.59. The molecule has 110 valence electrons. The molecule has 1 amide bonds. The van der Waals surface area contributed by atoms with Gasteiger partial charge >= 0.3 is 6.18 Å². The minimum Gasteiger partial charge on any atom is -0.349 e. The molecule has 1 fully saturated rings. The maximum absolute atomic E-state index is 13.5. The van der Waals surface area contributed by atoms with E-state index in [1.54, 1.807) is 0 Å². The first-order valence-corrected chi connectivity index (χ1v) is 6.45. The first-order valence-electron chi connectivity index (χ1n) is 6.45.